The molecule has 1 aromatic rings. The lowest BCUT2D eigenvalue weighted by molar-refractivity contribution is -0.153. The summed E-state index contributed by atoms with van der Waals surface area (Å²) in [6.45, 7) is 0.455. The summed E-state index contributed by atoms with van der Waals surface area (Å²) in [7, 11) is -1.44. The van der Waals surface area contributed by atoms with Crippen molar-refractivity contribution in [2.45, 2.75) is 37.7 Å². The Labute approximate surface area is 162 Å². The van der Waals surface area contributed by atoms with Crippen molar-refractivity contribution in [2.24, 2.45) is 22.9 Å². The Kier molecular flexibility index (Phi) is 6.23. The number of hydrogen-bond donors (Lipinski definition) is 3. The van der Waals surface area contributed by atoms with Gasteiger partial charge in [0, 0.05) is 17.4 Å². The predicted octanol–water partition coefficient (Wildman–Crippen LogP) is 1.41. The second-order valence-corrected chi connectivity index (χ2v) is 7.41. The lowest BCUT2D eigenvalue weighted by Gasteiger charge is -2.31. The minimum absolute atomic E-state index is 0.0476. The van der Waals surface area contributed by atoms with E-state index in [-0.39, 0.29) is 31.2 Å². The molecule has 28 heavy (non-hydrogen) atoms. The van der Waals surface area contributed by atoms with Crippen LogP contribution in [0.3, 0.4) is 0 Å². The van der Waals surface area contributed by atoms with Crippen molar-refractivity contribution < 1.29 is 24.4 Å². The molecule has 2 aliphatic rings. The summed E-state index contributed by atoms with van der Waals surface area (Å²) in [6.07, 6.45) is 1.09. The molecule has 3 N–H and O–H groups in total. The van der Waals surface area contributed by atoms with Crippen molar-refractivity contribution in [3.8, 4) is 0 Å². The van der Waals surface area contributed by atoms with Crippen LogP contribution < -0.4 is 5.32 Å². The fourth-order valence-electron chi connectivity index (χ4n) is 4.49. The number of benzene rings is 1. The number of amides is 1. The number of azide groups is 1. The monoisotopic (exact) mass is 386 g/mol. The average Bonchev–Trinajstić information content (AvgIpc) is 3.19. The highest BCUT2D eigenvalue weighted by molar-refractivity contribution is 6.40. The van der Waals surface area contributed by atoms with Gasteiger partial charge in [0.2, 0.25) is 5.91 Å². The van der Waals surface area contributed by atoms with E-state index in [1.165, 1.54) is 0 Å². The summed E-state index contributed by atoms with van der Waals surface area (Å²) in [5.74, 6) is -1.76. The van der Waals surface area contributed by atoms with Gasteiger partial charge in [-0.05, 0) is 42.1 Å². The van der Waals surface area contributed by atoms with E-state index >= 15 is 0 Å². The first-order valence-corrected chi connectivity index (χ1v) is 9.39. The third-order valence-corrected chi connectivity index (χ3v) is 5.79. The lowest BCUT2D eigenvalue weighted by Crippen LogP contribution is -2.44. The minimum atomic E-state index is -1.46. The molecule has 2 fully saturated rings. The zero-order chi connectivity index (χ0) is 20.1. The van der Waals surface area contributed by atoms with Gasteiger partial charge in [-0.15, -0.1) is 0 Å². The summed E-state index contributed by atoms with van der Waals surface area (Å²) in [5.41, 5.74) is 8.50. The Balaban J connectivity index is 1.82. The van der Waals surface area contributed by atoms with Crippen molar-refractivity contribution in [1.82, 2.24) is 5.32 Å². The van der Waals surface area contributed by atoms with Gasteiger partial charge in [0.15, 0.2) is 0 Å². The first-order chi connectivity index (χ1) is 13.5. The molecular formula is C18H23BN4O5. The van der Waals surface area contributed by atoms with Gasteiger partial charge in [0.05, 0.1) is 0 Å². The Hall–Kier alpha value is -2.55. The molecule has 0 bridgehead atoms. The molecule has 1 saturated carbocycles. The number of nitrogens with one attached hydrogen (secondary N) is 1. The molecule has 4 atom stereocenters. The summed E-state index contributed by atoms with van der Waals surface area (Å²) < 4.78 is 5.49. The molecule has 0 radical (unpaired) electrons. The van der Waals surface area contributed by atoms with Crippen LogP contribution in [-0.4, -0.2) is 41.1 Å². The van der Waals surface area contributed by atoms with Crippen molar-refractivity contribution >= 4 is 19.0 Å². The highest BCUT2D eigenvalue weighted by atomic mass is 16.5. The quantitative estimate of drug-likeness (QED) is 0.203. The highest BCUT2D eigenvalue weighted by Crippen LogP contribution is 2.51. The number of esters is 1. The fourth-order valence-corrected chi connectivity index (χ4v) is 4.49. The van der Waals surface area contributed by atoms with Gasteiger partial charge in [0.25, 0.3) is 0 Å². The first kappa shape index (κ1) is 20.2. The van der Waals surface area contributed by atoms with Gasteiger partial charge in [-0.2, -0.15) is 0 Å². The summed E-state index contributed by atoms with van der Waals surface area (Å²) in [5, 5.41) is 24.9. The third-order valence-electron chi connectivity index (χ3n) is 5.79. The number of fused-ring (bicyclic) bond motifs is 1. The van der Waals surface area contributed by atoms with E-state index in [1.807, 2.05) is 30.3 Å². The van der Waals surface area contributed by atoms with Crippen LogP contribution in [0.2, 0.25) is 6.32 Å². The Morgan fingerprint density at radius 2 is 2.14 bits per heavy atom. The molecule has 10 heteroatoms. The number of rotatable bonds is 8. The largest absolute Gasteiger partial charge is 0.460 e. The van der Waals surface area contributed by atoms with E-state index in [9.17, 15) is 9.59 Å². The predicted molar refractivity (Wildman–Crippen MR) is 100 cm³/mol. The van der Waals surface area contributed by atoms with Crippen LogP contribution >= 0.6 is 0 Å². The summed E-state index contributed by atoms with van der Waals surface area (Å²) in [6, 6.07) is 9.17. The summed E-state index contributed by atoms with van der Waals surface area (Å²) in [4.78, 5) is 28.2. The minimum Gasteiger partial charge on any atom is -0.460 e. The normalized spacial score (nSPS) is 28.2. The van der Waals surface area contributed by atoms with Crippen LogP contribution in [0.25, 0.3) is 10.4 Å². The topological polar surface area (TPSA) is 145 Å². The van der Waals surface area contributed by atoms with Crippen molar-refractivity contribution in [1.29, 1.82) is 0 Å². The van der Waals surface area contributed by atoms with Gasteiger partial charge < -0.3 is 20.1 Å². The molecule has 0 spiro atoms. The molecular weight excluding hydrogens is 363 g/mol. The van der Waals surface area contributed by atoms with E-state index in [4.69, 9.17) is 20.3 Å². The van der Waals surface area contributed by atoms with Crippen LogP contribution in [0.5, 0.6) is 0 Å². The van der Waals surface area contributed by atoms with Crippen LogP contribution in [0, 0.1) is 17.8 Å². The molecule has 1 aromatic carbocycles. The number of hydrogen-bond acceptors (Lipinski definition) is 6. The number of carbonyl (C=O) groups is 2. The van der Waals surface area contributed by atoms with Crippen LogP contribution in [0.1, 0.15) is 24.8 Å². The van der Waals surface area contributed by atoms with Crippen molar-refractivity contribution in [2.75, 3.05) is 6.54 Å². The first-order valence-electron chi connectivity index (χ1n) is 9.39. The van der Waals surface area contributed by atoms with E-state index in [2.05, 4.69) is 15.3 Å². The fraction of sp³-hybridized carbons (Fsp3) is 0.556. The SMILES string of the molecule is [N-]=[N+]=N[C@@]1(C(=O)OCc2ccccc2)C[C@H]2C(=O)NC[C@H]2[C@@H]1CCCB(O)O. The molecule has 148 valence electrons. The number of ether oxygens (including phenoxy) is 1. The van der Waals surface area contributed by atoms with Crippen LogP contribution in [0.15, 0.2) is 35.4 Å². The van der Waals surface area contributed by atoms with Crippen molar-refractivity contribution in [3.63, 3.8) is 0 Å². The molecule has 1 saturated heterocycles. The van der Waals surface area contributed by atoms with Crippen LogP contribution in [-0.2, 0) is 20.9 Å². The summed E-state index contributed by atoms with van der Waals surface area (Å²) >= 11 is 0. The number of nitrogens with zero attached hydrogens (tertiary/aromatic N) is 3. The molecule has 9 nitrogen and oxygen atoms in total. The van der Waals surface area contributed by atoms with Crippen LogP contribution in [0.4, 0.5) is 0 Å². The Morgan fingerprint density at radius 1 is 1.39 bits per heavy atom. The van der Waals surface area contributed by atoms with Gasteiger partial charge >= 0.3 is 13.1 Å². The zero-order valence-electron chi connectivity index (χ0n) is 15.4. The zero-order valence-corrected chi connectivity index (χ0v) is 15.4. The third kappa shape index (κ3) is 3.99. The molecule has 1 amide bonds. The molecule has 1 aliphatic carbocycles. The van der Waals surface area contributed by atoms with Crippen molar-refractivity contribution in [3.05, 3.63) is 46.3 Å². The molecule has 3 rings (SSSR count). The average molecular weight is 386 g/mol. The standard InChI is InChI=1S/C18H23BN4O5/c20-23-22-18(17(25)28-11-12-5-2-1-3-6-12)9-13-14(10-21-16(13)24)15(18)7-4-8-19(26)27/h1-3,5-6,13-15,26-27H,4,7-11H2,(H,21,24)/t13-,14-,15+,18+/m1/s1. The van der Waals surface area contributed by atoms with Gasteiger partial charge in [0.1, 0.15) is 12.1 Å². The Bertz CT molecular complexity index is 770. The molecule has 1 heterocycles. The van der Waals surface area contributed by atoms with E-state index in [0.29, 0.717) is 19.4 Å². The van der Waals surface area contributed by atoms with E-state index < -0.39 is 30.5 Å². The van der Waals surface area contributed by atoms with Gasteiger partial charge in [-0.25, -0.2) is 0 Å². The Morgan fingerprint density at radius 3 is 2.82 bits per heavy atom. The molecule has 1 aliphatic heterocycles. The smallest absolute Gasteiger partial charge is 0.451 e. The van der Waals surface area contributed by atoms with E-state index in [0.717, 1.165) is 5.56 Å². The van der Waals surface area contributed by atoms with Gasteiger partial charge in [-0.3, -0.25) is 9.59 Å². The highest BCUT2D eigenvalue weighted by Gasteiger charge is 2.61. The maximum atomic E-state index is 13.1. The maximum absolute atomic E-state index is 13.1. The molecule has 0 unspecified atom stereocenters. The second kappa shape index (κ2) is 8.64. The lowest BCUT2D eigenvalue weighted by atomic mass is 9.76. The van der Waals surface area contributed by atoms with Gasteiger partial charge in [-0.1, -0.05) is 41.9 Å². The maximum Gasteiger partial charge on any atom is 0.451 e. The second-order valence-electron chi connectivity index (χ2n) is 7.41. The van der Waals surface area contributed by atoms with E-state index in [1.54, 1.807) is 0 Å². The number of carbonyl (C=O) groups excluding carboxylic acids is 2. The molecule has 0 aromatic heterocycles.